The van der Waals surface area contributed by atoms with Crippen molar-refractivity contribution in [3.63, 3.8) is 0 Å². The molecule has 9 heteroatoms. The van der Waals surface area contributed by atoms with Gasteiger partial charge in [-0.2, -0.15) is 5.10 Å². The van der Waals surface area contributed by atoms with Crippen molar-refractivity contribution in [2.45, 2.75) is 32.8 Å². The van der Waals surface area contributed by atoms with E-state index in [1.807, 2.05) is 56.3 Å². The van der Waals surface area contributed by atoms with Gasteiger partial charge >= 0.3 is 12.1 Å². The number of aliphatic carboxylic acids is 1. The summed E-state index contributed by atoms with van der Waals surface area (Å²) in [4.78, 5) is 30.3. The molecule has 33 heavy (non-hydrogen) atoms. The van der Waals surface area contributed by atoms with Crippen LogP contribution < -0.4 is 10.2 Å². The number of benzene rings is 1. The number of rotatable bonds is 6. The number of piperidine rings is 1. The van der Waals surface area contributed by atoms with Crippen LogP contribution in [0.5, 0.6) is 0 Å². The highest BCUT2D eigenvalue weighted by molar-refractivity contribution is 5.85. The number of aromatic nitrogens is 3. The minimum Gasteiger partial charge on any atom is -0.481 e. The first-order valence-corrected chi connectivity index (χ1v) is 10.9. The van der Waals surface area contributed by atoms with Crippen molar-refractivity contribution in [3.8, 4) is 5.69 Å². The molecule has 0 saturated carbocycles. The van der Waals surface area contributed by atoms with Gasteiger partial charge in [0, 0.05) is 18.7 Å². The summed E-state index contributed by atoms with van der Waals surface area (Å²) in [6, 6.07) is 13.3. The molecule has 1 atom stereocenters. The molecule has 1 amide bonds. The number of carbonyl (C=O) groups is 2. The summed E-state index contributed by atoms with van der Waals surface area (Å²) in [5.74, 6) is 0.281. The van der Waals surface area contributed by atoms with Crippen LogP contribution in [-0.4, -0.2) is 45.0 Å². The average molecular weight is 450 g/mol. The molecule has 2 aromatic heterocycles. The predicted molar refractivity (Wildman–Crippen MR) is 124 cm³/mol. The molecular formula is C24H27N5O4. The molecule has 3 aromatic rings. The summed E-state index contributed by atoms with van der Waals surface area (Å²) in [5, 5.41) is 16.3. The number of hydrogen-bond acceptors (Lipinski definition) is 6. The SMILES string of the molecule is Cc1cnn(-c2ccc(N3CCC(C(=O)O)CC3)nc2)c1NC(=O)OC(C)c1ccccc1. The third kappa shape index (κ3) is 5.14. The molecule has 1 aromatic carbocycles. The maximum atomic E-state index is 12.5. The third-order valence-corrected chi connectivity index (χ3v) is 5.87. The van der Waals surface area contributed by atoms with Gasteiger partial charge in [-0.05, 0) is 44.4 Å². The van der Waals surface area contributed by atoms with E-state index in [0.29, 0.717) is 37.4 Å². The van der Waals surface area contributed by atoms with E-state index in [4.69, 9.17) is 4.74 Å². The summed E-state index contributed by atoms with van der Waals surface area (Å²) in [6.45, 7) is 4.99. The van der Waals surface area contributed by atoms with Crippen LogP contribution in [0, 0.1) is 12.8 Å². The topological polar surface area (TPSA) is 110 Å². The molecular weight excluding hydrogens is 422 g/mol. The Bertz CT molecular complexity index is 1110. The van der Waals surface area contributed by atoms with Crippen LogP contribution in [-0.2, 0) is 9.53 Å². The van der Waals surface area contributed by atoms with Crippen LogP contribution in [0.15, 0.2) is 54.9 Å². The van der Waals surface area contributed by atoms with Gasteiger partial charge < -0.3 is 14.7 Å². The van der Waals surface area contributed by atoms with Crippen LogP contribution in [0.25, 0.3) is 5.69 Å². The summed E-state index contributed by atoms with van der Waals surface area (Å²) in [7, 11) is 0. The lowest BCUT2D eigenvalue weighted by molar-refractivity contribution is -0.142. The largest absolute Gasteiger partial charge is 0.481 e. The maximum Gasteiger partial charge on any atom is 0.413 e. The van der Waals surface area contributed by atoms with Crippen molar-refractivity contribution in [2.24, 2.45) is 5.92 Å². The lowest BCUT2D eigenvalue weighted by Gasteiger charge is -2.31. The number of carboxylic acids is 1. The number of ether oxygens (including phenoxy) is 1. The molecule has 9 nitrogen and oxygen atoms in total. The predicted octanol–water partition coefficient (Wildman–Crippen LogP) is 4.19. The van der Waals surface area contributed by atoms with E-state index in [0.717, 1.165) is 16.9 Å². The molecule has 3 heterocycles. The van der Waals surface area contributed by atoms with Gasteiger partial charge in [0.1, 0.15) is 17.7 Å². The summed E-state index contributed by atoms with van der Waals surface area (Å²) >= 11 is 0. The fourth-order valence-electron chi connectivity index (χ4n) is 3.90. The van der Waals surface area contributed by atoms with Crippen LogP contribution >= 0.6 is 0 Å². The smallest absolute Gasteiger partial charge is 0.413 e. The van der Waals surface area contributed by atoms with Crippen molar-refractivity contribution in [2.75, 3.05) is 23.3 Å². The monoisotopic (exact) mass is 449 g/mol. The van der Waals surface area contributed by atoms with Crippen molar-refractivity contribution >= 4 is 23.7 Å². The van der Waals surface area contributed by atoms with E-state index >= 15 is 0 Å². The lowest BCUT2D eigenvalue weighted by atomic mass is 9.97. The standard InChI is InChI=1S/C24H27N5O4/c1-16-14-26-29(22(16)27-24(32)33-17(2)18-6-4-3-5-7-18)20-8-9-21(25-15-20)28-12-10-19(11-13-28)23(30)31/h3-9,14-15,17,19H,10-13H2,1-2H3,(H,27,32)(H,30,31). The molecule has 172 valence electrons. The molecule has 1 aliphatic rings. The Kier molecular flexibility index (Phi) is 6.58. The fraction of sp³-hybridized carbons (Fsp3) is 0.333. The number of amides is 1. The molecule has 4 rings (SSSR count). The van der Waals surface area contributed by atoms with Gasteiger partial charge in [-0.15, -0.1) is 0 Å². The van der Waals surface area contributed by atoms with E-state index < -0.39 is 18.2 Å². The Hall–Kier alpha value is -3.88. The van der Waals surface area contributed by atoms with Crippen molar-refractivity contribution < 1.29 is 19.4 Å². The Balaban J connectivity index is 1.43. The van der Waals surface area contributed by atoms with Crippen LogP contribution in [0.4, 0.5) is 16.4 Å². The second kappa shape index (κ2) is 9.72. The Morgan fingerprint density at radius 2 is 1.85 bits per heavy atom. The zero-order chi connectivity index (χ0) is 23.4. The van der Waals surface area contributed by atoms with Crippen LogP contribution in [0.1, 0.15) is 37.0 Å². The zero-order valence-corrected chi connectivity index (χ0v) is 18.6. The molecule has 1 fully saturated rings. The second-order valence-corrected chi connectivity index (χ2v) is 8.15. The molecule has 0 radical (unpaired) electrons. The Morgan fingerprint density at radius 1 is 1.12 bits per heavy atom. The number of pyridine rings is 1. The highest BCUT2D eigenvalue weighted by atomic mass is 16.6. The maximum absolute atomic E-state index is 12.5. The van der Waals surface area contributed by atoms with Crippen LogP contribution in [0.3, 0.4) is 0 Å². The highest BCUT2D eigenvalue weighted by Gasteiger charge is 2.25. The first-order valence-electron chi connectivity index (χ1n) is 10.9. The number of aryl methyl sites for hydroxylation is 1. The number of anilines is 2. The van der Waals surface area contributed by atoms with Gasteiger partial charge in [-0.3, -0.25) is 10.1 Å². The number of hydrogen-bond donors (Lipinski definition) is 2. The van der Waals surface area contributed by atoms with Gasteiger partial charge in [-0.25, -0.2) is 14.5 Å². The normalized spacial score (nSPS) is 15.2. The van der Waals surface area contributed by atoms with E-state index in [1.165, 1.54) is 0 Å². The third-order valence-electron chi connectivity index (χ3n) is 5.87. The number of nitrogens with zero attached hydrogens (tertiary/aromatic N) is 4. The molecule has 1 unspecified atom stereocenters. The van der Waals surface area contributed by atoms with Gasteiger partial charge in [0.25, 0.3) is 0 Å². The van der Waals surface area contributed by atoms with E-state index in [1.54, 1.807) is 17.1 Å². The van der Waals surface area contributed by atoms with Crippen molar-refractivity contribution in [3.05, 3.63) is 66.0 Å². The molecule has 1 aliphatic heterocycles. The number of nitrogens with one attached hydrogen (secondary N) is 1. The molecule has 0 spiro atoms. The van der Waals surface area contributed by atoms with E-state index in [9.17, 15) is 14.7 Å². The zero-order valence-electron chi connectivity index (χ0n) is 18.6. The first kappa shape index (κ1) is 22.3. The fourth-order valence-corrected chi connectivity index (χ4v) is 3.90. The van der Waals surface area contributed by atoms with E-state index in [2.05, 4.69) is 20.3 Å². The quantitative estimate of drug-likeness (QED) is 0.581. The lowest BCUT2D eigenvalue weighted by Crippen LogP contribution is -2.36. The summed E-state index contributed by atoms with van der Waals surface area (Å²) in [5.41, 5.74) is 2.39. The number of carboxylic acid groups (broad SMARTS) is 1. The van der Waals surface area contributed by atoms with E-state index in [-0.39, 0.29) is 5.92 Å². The highest BCUT2D eigenvalue weighted by Crippen LogP contribution is 2.25. The minimum atomic E-state index is -0.733. The molecule has 2 N–H and O–H groups in total. The Labute approximate surface area is 192 Å². The average Bonchev–Trinajstić information content (AvgIpc) is 3.19. The first-order chi connectivity index (χ1) is 15.9. The van der Waals surface area contributed by atoms with Gasteiger partial charge in [0.15, 0.2) is 0 Å². The Morgan fingerprint density at radius 3 is 2.48 bits per heavy atom. The van der Waals surface area contributed by atoms with Crippen LogP contribution in [0.2, 0.25) is 0 Å². The molecule has 1 saturated heterocycles. The number of carbonyl (C=O) groups excluding carboxylic acids is 1. The summed E-state index contributed by atoms with van der Waals surface area (Å²) in [6.07, 6.45) is 3.61. The van der Waals surface area contributed by atoms with Gasteiger partial charge in [0.05, 0.1) is 24.0 Å². The molecule has 0 aliphatic carbocycles. The van der Waals surface area contributed by atoms with Gasteiger partial charge in [0.2, 0.25) is 0 Å². The van der Waals surface area contributed by atoms with Crippen molar-refractivity contribution in [1.82, 2.24) is 14.8 Å². The second-order valence-electron chi connectivity index (χ2n) is 8.15. The molecule has 0 bridgehead atoms. The van der Waals surface area contributed by atoms with Crippen molar-refractivity contribution in [1.29, 1.82) is 0 Å². The van der Waals surface area contributed by atoms with Gasteiger partial charge in [-0.1, -0.05) is 30.3 Å². The summed E-state index contributed by atoms with van der Waals surface area (Å²) < 4.78 is 7.13. The minimum absolute atomic E-state index is 0.287.